The van der Waals surface area contributed by atoms with Gasteiger partial charge in [-0.1, -0.05) is 6.92 Å². The number of urea groups is 1. The number of nitrogens with one attached hydrogen (secondary N) is 2. The highest BCUT2D eigenvalue weighted by atomic mass is 16.2. The SMILES string of the molecule is CC1(CNC(N)=O)CCNC1. The van der Waals surface area contributed by atoms with E-state index in [0.717, 1.165) is 19.5 Å². The van der Waals surface area contributed by atoms with Gasteiger partial charge in [0.05, 0.1) is 0 Å². The standard InChI is InChI=1S/C7H15N3O/c1-7(2-3-9-4-7)5-10-6(8)11/h9H,2-5H2,1H3,(H3,8,10,11). The zero-order valence-electron chi connectivity index (χ0n) is 6.81. The van der Waals surface area contributed by atoms with Crippen molar-refractivity contribution in [1.29, 1.82) is 0 Å². The third-order valence-electron chi connectivity index (χ3n) is 2.15. The minimum atomic E-state index is -0.432. The first kappa shape index (κ1) is 8.33. The second kappa shape index (κ2) is 3.09. The van der Waals surface area contributed by atoms with Gasteiger partial charge in [-0.05, 0) is 18.4 Å². The lowest BCUT2D eigenvalue weighted by Crippen LogP contribution is -2.39. The molecule has 1 rings (SSSR count). The molecular weight excluding hydrogens is 142 g/mol. The molecule has 1 aliphatic heterocycles. The fourth-order valence-electron chi connectivity index (χ4n) is 1.32. The molecule has 0 aromatic heterocycles. The predicted molar refractivity (Wildman–Crippen MR) is 43.2 cm³/mol. The van der Waals surface area contributed by atoms with Crippen LogP contribution >= 0.6 is 0 Å². The summed E-state index contributed by atoms with van der Waals surface area (Å²) >= 11 is 0. The minimum Gasteiger partial charge on any atom is -0.352 e. The highest BCUT2D eigenvalue weighted by Crippen LogP contribution is 2.22. The van der Waals surface area contributed by atoms with E-state index in [1.807, 2.05) is 0 Å². The maximum absolute atomic E-state index is 10.4. The van der Waals surface area contributed by atoms with Crippen molar-refractivity contribution >= 4 is 6.03 Å². The van der Waals surface area contributed by atoms with Crippen molar-refractivity contribution in [2.75, 3.05) is 19.6 Å². The highest BCUT2D eigenvalue weighted by molar-refractivity contribution is 5.71. The van der Waals surface area contributed by atoms with Crippen molar-refractivity contribution in [1.82, 2.24) is 10.6 Å². The lowest BCUT2D eigenvalue weighted by Gasteiger charge is -2.21. The number of hydrogen-bond acceptors (Lipinski definition) is 2. The molecule has 2 amide bonds. The Morgan fingerprint density at radius 1 is 1.82 bits per heavy atom. The molecule has 1 heterocycles. The summed E-state index contributed by atoms with van der Waals surface area (Å²) in [7, 11) is 0. The van der Waals surface area contributed by atoms with E-state index in [1.54, 1.807) is 0 Å². The average molecular weight is 157 g/mol. The lowest BCUT2D eigenvalue weighted by atomic mass is 9.90. The molecule has 64 valence electrons. The van der Waals surface area contributed by atoms with Crippen LogP contribution in [0.3, 0.4) is 0 Å². The van der Waals surface area contributed by atoms with Gasteiger partial charge in [0.15, 0.2) is 0 Å². The van der Waals surface area contributed by atoms with Gasteiger partial charge in [-0.2, -0.15) is 0 Å². The summed E-state index contributed by atoms with van der Waals surface area (Å²) in [6.07, 6.45) is 1.10. The summed E-state index contributed by atoms with van der Waals surface area (Å²) in [5.41, 5.74) is 5.16. The van der Waals surface area contributed by atoms with Crippen molar-refractivity contribution in [3.63, 3.8) is 0 Å². The number of carbonyl (C=O) groups excluding carboxylic acids is 1. The fraction of sp³-hybridized carbons (Fsp3) is 0.857. The number of carbonyl (C=O) groups is 1. The number of rotatable bonds is 2. The largest absolute Gasteiger partial charge is 0.352 e. The van der Waals surface area contributed by atoms with E-state index in [9.17, 15) is 4.79 Å². The number of amides is 2. The molecule has 4 N–H and O–H groups in total. The van der Waals surface area contributed by atoms with Crippen LogP contribution in [0.15, 0.2) is 0 Å². The Balaban J connectivity index is 2.28. The summed E-state index contributed by atoms with van der Waals surface area (Å²) in [5, 5.41) is 5.87. The van der Waals surface area contributed by atoms with Crippen LogP contribution in [0.25, 0.3) is 0 Å². The molecule has 4 nitrogen and oxygen atoms in total. The predicted octanol–water partition coefficient (Wildman–Crippen LogP) is -0.346. The Bertz CT molecular complexity index is 152. The summed E-state index contributed by atoms with van der Waals surface area (Å²) in [4.78, 5) is 10.4. The van der Waals surface area contributed by atoms with Gasteiger partial charge in [-0.3, -0.25) is 0 Å². The molecule has 0 spiro atoms. The average Bonchev–Trinajstić information content (AvgIpc) is 2.33. The Kier molecular flexibility index (Phi) is 2.34. The third kappa shape index (κ3) is 2.38. The van der Waals surface area contributed by atoms with E-state index in [2.05, 4.69) is 17.6 Å². The molecular formula is C7H15N3O. The molecule has 4 heteroatoms. The Hall–Kier alpha value is -0.770. The van der Waals surface area contributed by atoms with Crippen LogP contribution in [-0.2, 0) is 0 Å². The molecule has 1 aliphatic rings. The van der Waals surface area contributed by atoms with E-state index in [0.29, 0.717) is 6.54 Å². The number of hydrogen-bond donors (Lipinski definition) is 3. The van der Waals surface area contributed by atoms with E-state index in [1.165, 1.54) is 0 Å². The molecule has 0 aliphatic carbocycles. The van der Waals surface area contributed by atoms with Gasteiger partial charge >= 0.3 is 6.03 Å². The second-order valence-corrected chi connectivity index (χ2v) is 3.46. The molecule has 0 aromatic carbocycles. The molecule has 1 atom stereocenters. The van der Waals surface area contributed by atoms with Crippen LogP contribution in [0.1, 0.15) is 13.3 Å². The normalized spacial score (nSPS) is 30.3. The van der Waals surface area contributed by atoms with Gasteiger partial charge in [-0.15, -0.1) is 0 Å². The van der Waals surface area contributed by atoms with Crippen LogP contribution in [0.5, 0.6) is 0 Å². The minimum absolute atomic E-state index is 0.203. The van der Waals surface area contributed by atoms with Crippen LogP contribution in [0.4, 0.5) is 4.79 Å². The summed E-state index contributed by atoms with van der Waals surface area (Å²) in [5.74, 6) is 0. The lowest BCUT2D eigenvalue weighted by molar-refractivity contribution is 0.241. The fourth-order valence-corrected chi connectivity index (χ4v) is 1.32. The first-order chi connectivity index (χ1) is 5.12. The number of nitrogens with two attached hydrogens (primary N) is 1. The van der Waals surface area contributed by atoms with Crippen molar-refractivity contribution < 1.29 is 4.79 Å². The first-order valence-corrected chi connectivity index (χ1v) is 3.86. The van der Waals surface area contributed by atoms with Gasteiger partial charge in [0.1, 0.15) is 0 Å². The summed E-state index contributed by atoms with van der Waals surface area (Å²) in [6.45, 7) is 4.82. The van der Waals surface area contributed by atoms with E-state index in [-0.39, 0.29) is 5.41 Å². The topological polar surface area (TPSA) is 67.1 Å². The van der Waals surface area contributed by atoms with Gasteiger partial charge in [0, 0.05) is 13.1 Å². The second-order valence-electron chi connectivity index (χ2n) is 3.46. The van der Waals surface area contributed by atoms with Crippen molar-refractivity contribution in [2.45, 2.75) is 13.3 Å². The van der Waals surface area contributed by atoms with Gasteiger partial charge in [0.2, 0.25) is 0 Å². The monoisotopic (exact) mass is 157 g/mol. The van der Waals surface area contributed by atoms with Gasteiger partial charge in [0.25, 0.3) is 0 Å². The zero-order chi connectivity index (χ0) is 8.32. The van der Waals surface area contributed by atoms with Crippen molar-refractivity contribution in [3.8, 4) is 0 Å². The Morgan fingerprint density at radius 2 is 2.55 bits per heavy atom. The Morgan fingerprint density at radius 3 is 3.00 bits per heavy atom. The molecule has 0 radical (unpaired) electrons. The van der Waals surface area contributed by atoms with E-state index in [4.69, 9.17) is 5.73 Å². The molecule has 11 heavy (non-hydrogen) atoms. The number of primary amides is 1. The van der Waals surface area contributed by atoms with Crippen LogP contribution in [0.2, 0.25) is 0 Å². The molecule has 1 unspecified atom stereocenters. The summed E-state index contributed by atoms with van der Waals surface area (Å²) in [6, 6.07) is -0.432. The maximum Gasteiger partial charge on any atom is 0.312 e. The zero-order valence-corrected chi connectivity index (χ0v) is 6.81. The molecule has 0 bridgehead atoms. The Labute approximate surface area is 66.5 Å². The van der Waals surface area contributed by atoms with Crippen molar-refractivity contribution in [3.05, 3.63) is 0 Å². The van der Waals surface area contributed by atoms with E-state index < -0.39 is 6.03 Å². The van der Waals surface area contributed by atoms with Gasteiger partial charge in [-0.25, -0.2) is 4.79 Å². The van der Waals surface area contributed by atoms with E-state index >= 15 is 0 Å². The third-order valence-corrected chi connectivity index (χ3v) is 2.15. The molecule has 0 saturated carbocycles. The van der Waals surface area contributed by atoms with Crippen LogP contribution < -0.4 is 16.4 Å². The smallest absolute Gasteiger partial charge is 0.312 e. The maximum atomic E-state index is 10.4. The molecule has 1 fully saturated rings. The van der Waals surface area contributed by atoms with Gasteiger partial charge < -0.3 is 16.4 Å². The molecule has 1 saturated heterocycles. The highest BCUT2D eigenvalue weighted by Gasteiger charge is 2.28. The van der Waals surface area contributed by atoms with Crippen LogP contribution in [0, 0.1) is 5.41 Å². The quantitative estimate of drug-likeness (QED) is 0.513. The first-order valence-electron chi connectivity index (χ1n) is 3.86. The molecule has 0 aromatic rings. The summed E-state index contributed by atoms with van der Waals surface area (Å²) < 4.78 is 0. The van der Waals surface area contributed by atoms with Crippen molar-refractivity contribution in [2.24, 2.45) is 11.1 Å². The van der Waals surface area contributed by atoms with Crippen LogP contribution in [-0.4, -0.2) is 25.7 Å².